The lowest BCUT2D eigenvalue weighted by atomic mass is 10.1. The predicted octanol–water partition coefficient (Wildman–Crippen LogP) is 3.87. The van der Waals surface area contributed by atoms with E-state index >= 15 is 0 Å². The van der Waals surface area contributed by atoms with E-state index in [2.05, 4.69) is 10.6 Å². The molecular formula is C21H21N3O2S2. The number of hydrogen-bond donors (Lipinski definition) is 2. The van der Waals surface area contributed by atoms with Crippen LogP contribution in [0.4, 0.5) is 0 Å². The summed E-state index contributed by atoms with van der Waals surface area (Å²) in [6.07, 6.45) is 2.80. The van der Waals surface area contributed by atoms with Gasteiger partial charge in [-0.25, -0.2) is 4.98 Å². The van der Waals surface area contributed by atoms with E-state index in [0.717, 1.165) is 38.9 Å². The average molecular weight is 412 g/mol. The molecule has 0 radical (unpaired) electrons. The van der Waals surface area contributed by atoms with E-state index in [0.29, 0.717) is 13.0 Å². The van der Waals surface area contributed by atoms with Gasteiger partial charge in [0.2, 0.25) is 11.8 Å². The highest BCUT2D eigenvalue weighted by Crippen LogP contribution is 2.36. The molecule has 2 aromatic heterocycles. The molecule has 4 rings (SSSR count). The first kappa shape index (κ1) is 18.8. The molecule has 3 aromatic rings. The summed E-state index contributed by atoms with van der Waals surface area (Å²) in [7, 11) is 0. The number of hydrogen-bond acceptors (Lipinski definition) is 5. The van der Waals surface area contributed by atoms with Crippen molar-refractivity contribution >= 4 is 34.5 Å². The lowest BCUT2D eigenvalue weighted by Crippen LogP contribution is -2.45. The number of nitrogens with one attached hydrogen (secondary N) is 2. The molecule has 1 aliphatic rings. The lowest BCUT2D eigenvalue weighted by Gasteiger charge is -2.15. The van der Waals surface area contributed by atoms with Gasteiger partial charge in [0.05, 0.1) is 17.0 Å². The molecule has 0 aliphatic carbocycles. The minimum Gasteiger partial charge on any atom is -0.354 e. The first-order valence-electron chi connectivity index (χ1n) is 9.37. The highest BCUT2D eigenvalue weighted by molar-refractivity contribution is 7.17. The Morgan fingerprint density at radius 1 is 1.18 bits per heavy atom. The van der Waals surface area contributed by atoms with Gasteiger partial charge >= 0.3 is 0 Å². The topological polar surface area (TPSA) is 71.1 Å². The van der Waals surface area contributed by atoms with Crippen LogP contribution < -0.4 is 10.6 Å². The largest absolute Gasteiger partial charge is 0.354 e. The number of nitrogens with zero attached hydrogens (tertiary/aromatic N) is 1. The molecule has 0 saturated carbocycles. The fraction of sp³-hybridized carbons (Fsp3) is 0.286. The molecule has 1 fully saturated rings. The second-order valence-corrected chi connectivity index (χ2v) is 8.75. The Balaban J connectivity index is 1.57. The first-order valence-corrected chi connectivity index (χ1v) is 11.1. The smallest absolute Gasteiger partial charge is 0.242 e. The normalized spacial score (nSPS) is 17.0. The van der Waals surface area contributed by atoms with Gasteiger partial charge in [0, 0.05) is 17.0 Å². The van der Waals surface area contributed by atoms with Crippen LogP contribution in [-0.2, 0) is 16.0 Å². The zero-order valence-corrected chi connectivity index (χ0v) is 16.9. The van der Waals surface area contributed by atoms with Gasteiger partial charge in [0.15, 0.2) is 0 Å². The van der Waals surface area contributed by atoms with Crippen molar-refractivity contribution in [1.29, 1.82) is 0 Å². The summed E-state index contributed by atoms with van der Waals surface area (Å²) in [5.74, 6) is -0.221. The summed E-state index contributed by atoms with van der Waals surface area (Å²) in [4.78, 5) is 31.6. The number of rotatable bonds is 5. The third-order valence-electron chi connectivity index (χ3n) is 4.66. The van der Waals surface area contributed by atoms with Gasteiger partial charge in [0.25, 0.3) is 0 Å². The molecular weight excluding hydrogens is 390 g/mol. The zero-order valence-electron chi connectivity index (χ0n) is 15.3. The van der Waals surface area contributed by atoms with Crippen LogP contribution in [0.3, 0.4) is 0 Å². The van der Waals surface area contributed by atoms with Gasteiger partial charge in [-0.2, -0.15) is 0 Å². The Morgan fingerprint density at radius 2 is 2.04 bits per heavy atom. The molecule has 1 aromatic carbocycles. The molecule has 0 unspecified atom stereocenters. The Kier molecular flexibility index (Phi) is 5.83. The van der Waals surface area contributed by atoms with Gasteiger partial charge in [0.1, 0.15) is 11.0 Å². The van der Waals surface area contributed by atoms with Crippen molar-refractivity contribution in [2.45, 2.75) is 31.7 Å². The van der Waals surface area contributed by atoms with Crippen LogP contribution in [0.1, 0.15) is 24.1 Å². The molecule has 1 saturated heterocycles. The summed E-state index contributed by atoms with van der Waals surface area (Å²) in [5.41, 5.74) is 1.90. The van der Waals surface area contributed by atoms with E-state index in [1.807, 2.05) is 47.8 Å². The highest BCUT2D eigenvalue weighted by Gasteiger charge is 2.24. The lowest BCUT2D eigenvalue weighted by molar-refractivity contribution is -0.128. The summed E-state index contributed by atoms with van der Waals surface area (Å²) < 4.78 is 0. The van der Waals surface area contributed by atoms with Crippen LogP contribution in [0.15, 0.2) is 47.8 Å². The number of thiazole rings is 1. The number of benzene rings is 1. The molecule has 2 N–H and O–H groups in total. The van der Waals surface area contributed by atoms with Crippen molar-refractivity contribution in [3.8, 4) is 21.1 Å². The number of carbonyl (C=O) groups is 2. The minimum absolute atomic E-state index is 0.0846. The Morgan fingerprint density at radius 3 is 2.82 bits per heavy atom. The first-order chi connectivity index (χ1) is 13.7. The Bertz CT molecular complexity index is 951. The number of aromatic nitrogens is 1. The Hall–Kier alpha value is -2.51. The van der Waals surface area contributed by atoms with Gasteiger partial charge in [-0.05, 0) is 30.7 Å². The van der Waals surface area contributed by atoms with Crippen LogP contribution >= 0.6 is 22.7 Å². The molecule has 1 atom stereocenters. The van der Waals surface area contributed by atoms with Crippen molar-refractivity contribution in [1.82, 2.24) is 15.6 Å². The molecule has 0 spiro atoms. The quantitative estimate of drug-likeness (QED) is 0.670. The number of amides is 2. The molecule has 7 heteroatoms. The van der Waals surface area contributed by atoms with E-state index in [-0.39, 0.29) is 18.2 Å². The summed E-state index contributed by atoms with van der Waals surface area (Å²) in [5, 5.41) is 8.68. The van der Waals surface area contributed by atoms with Gasteiger partial charge in [-0.15, -0.1) is 22.7 Å². The second kappa shape index (κ2) is 8.67. The van der Waals surface area contributed by atoms with E-state index < -0.39 is 6.04 Å². The molecule has 1 aliphatic heterocycles. The molecule has 2 amide bonds. The van der Waals surface area contributed by atoms with Crippen LogP contribution in [0.25, 0.3) is 21.1 Å². The van der Waals surface area contributed by atoms with Crippen molar-refractivity contribution in [2.24, 2.45) is 0 Å². The average Bonchev–Trinajstić information content (AvgIpc) is 3.33. The Labute approximate surface area is 171 Å². The second-order valence-electron chi connectivity index (χ2n) is 6.72. The van der Waals surface area contributed by atoms with Gasteiger partial charge in [-0.3, -0.25) is 9.59 Å². The van der Waals surface area contributed by atoms with Crippen molar-refractivity contribution in [3.63, 3.8) is 0 Å². The van der Waals surface area contributed by atoms with Crippen LogP contribution in [0, 0.1) is 0 Å². The molecule has 144 valence electrons. The fourth-order valence-electron chi connectivity index (χ4n) is 3.25. The summed E-state index contributed by atoms with van der Waals surface area (Å²) in [6, 6.07) is 13.6. The third-order valence-corrected chi connectivity index (χ3v) is 6.65. The van der Waals surface area contributed by atoms with Crippen LogP contribution in [-0.4, -0.2) is 29.4 Å². The fourth-order valence-corrected chi connectivity index (χ4v) is 5.14. The van der Waals surface area contributed by atoms with E-state index in [9.17, 15) is 9.59 Å². The number of thiophene rings is 1. The van der Waals surface area contributed by atoms with Crippen LogP contribution in [0.2, 0.25) is 0 Å². The number of carbonyl (C=O) groups excluding carboxylic acids is 2. The van der Waals surface area contributed by atoms with E-state index in [1.165, 1.54) is 0 Å². The van der Waals surface area contributed by atoms with E-state index in [1.54, 1.807) is 22.7 Å². The minimum atomic E-state index is -0.443. The SMILES string of the molecule is O=C(Cc1sc(-c2ccccc2)nc1-c1cccs1)N[C@@H]1CCCCNC1=O. The molecule has 28 heavy (non-hydrogen) atoms. The standard InChI is InChI=1S/C21H21N3O2S2/c25-18(23-15-9-4-5-11-22-20(15)26)13-17-19(16-10-6-12-27-16)24-21(28-17)14-7-2-1-3-8-14/h1-3,6-8,10,12,15H,4-5,9,11,13H2,(H,22,26)(H,23,25)/t15-/m1/s1. The molecule has 3 heterocycles. The maximum absolute atomic E-state index is 12.7. The maximum atomic E-state index is 12.7. The van der Waals surface area contributed by atoms with Gasteiger partial charge in [-0.1, -0.05) is 36.4 Å². The monoisotopic (exact) mass is 411 g/mol. The molecule has 0 bridgehead atoms. The predicted molar refractivity (Wildman–Crippen MR) is 113 cm³/mol. The van der Waals surface area contributed by atoms with Gasteiger partial charge < -0.3 is 10.6 Å². The third kappa shape index (κ3) is 4.31. The maximum Gasteiger partial charge on any atom is 0.242 e. The van der Waals surface area contributed by atoms with Crippen molar-refractivity contribution in [3.05, 3.63) is 52.7 Å². The van der Waals surface area contributed by atoms with E-state index in [4.69, 9.17) is 4.98 Å². The van der Waals surface area contributed by atoms with Crippen molar-refractivity contribution in [2.75, 3.05) is 6.54 Å². The van der Waals surface area contributed by atoms with Crippen LogP contribution in [0.5, 0.6) is 0 Å². The van der Waals surface area contributed by atoms with Crippen molar-refractivity contribution < 1.29 is 9.59 Å². The summed E-state index contributed by atoms with van der Waals surface area (Å²) in [6.45, 7) is 0.684. The summed E-state index contributed by atoms with van der Waals surface area (Å²) >= 11 is 3.15. The zero-order chi connectivity index (χ0) is 19.3. The highest BCUT2D eigenvalue weighted by atomic mass is 32.1. The molecule has 5 nitrogen and oxygen atoms in total.